The summed E-state index contributed by atoms with van der Waals surface area (Å²) < 4.78 is 13.6. The standard InChI is InChI=1S/C27H32Cl2FN3O/c1-27(2)20-8-18(9-21(27)11-20)15-33(25-7-6-22(28)12-24(25)29)26(34)19-13-31-32(16-19)14-17-4-3-5-23(30)10-17/h3-7,10,12,18-21,31H,8-9,11,13-16H2,1-2H3. The third-order valence-electron chi connectivity index (χ3n) is 8.43. The summed E-state index contributed by atoms with van der Waals surface area (Å²) in [6.45, 7) is 7.13. The van der Waals surface area contributed by atoms with Crippen molar-refractivity contribution < 1.29 is 9.18 Å². The molecule has 1 heterocycles. The third kappa shape index (κ3) is 4.73. The molecule has 1 amide bonds. The minimum absolute atomic E-state index is 0.0805. The van der Waals surface area contributed by atoms with Crippen molar-refractivity contribution in [2.24, 2.45) is 29.1 Å². The molecule has 2 bridgehead atoms. The summed E-state index contributed by atoms with van der Waals surface area (Å²) >= 11 is 12.7. The number of halogens is 3. The van der Waals surface area contributed by atoms with Crippen molar-refractivity contribution in [3.8, 4) is 0 Å². The average Bonchev–Trinajstić information content (AvgIpc) is 3.26. The molecule has 1 saturated heterocycles. The van der Waals surface area contributed by atoms with Crippen LogP contribution in [0.25, 0.3) is 0 Å². The Morgan fingerprint density at radius 2 is 1.91 bits per heavy atom. The van der Waals surface area contributed by atoms with Crippen LogP contribution in [-0.4, -0.2) is 30.6 Å². The molecular formula is C27H32Cl2FN3O. The van der Waals surface area contributed by atoms with Gasteiger partial charge in [0.05, 0.1) is 16.6 Å². The topological polar surface area (TPSA) is 35.6 Å². The number of nitrogens with zero attached hydrogens (tertiary/aromatic N) is 2. The molecular weight excluding hydrogens is 472 g/mol. The first-order valence-electron chi connectivity index (χ1n) is 12.2. The van der Waals surface area contributed by atoms with Crippen LogP contribution in [0, 0.1) is 34.9 Å². The van der Waals surface area contributed by atoms with E-state index >= 15 is 0 Å². The number of carbonyl (C=O) groups excluding carboxylic acids is 1. The van der Waals surface area contributed by atoms with Crippen LogP contribution in [0.2, 0.25) is 10.0 Å². The van der Waals surface area contributed by atoms with Gasteiger partial charge >= 0.3 is 0 Å². The first-order valence-corrected chi connectivity index (χ1v) is 13.0. The van der Waals surface area contributed by atoms with Gasteiger partial charge in [-0.3, -0.25) is 10.2 Å². The second-order valence-electron chi connectivity index (χ2n) is 10.9. The molecule has 7 heteroatoms. The molecule has 1 N–H and O–H groups in total. The van der Waals surface area contributed by atoms with Gasteiger partial charge in [-0.2, -0.15) is 0 Å². The van der Waals surface area contributed by atoms with E-state index in [1.54, 1.807) is 18.2 Å². The monoisotopic (exact) mass is 503 g/mol. The minimum atomic E-state index is -0.249. The Labute approximate surface area is 211 Å². The van der Waals surface area contributed by atoms with E-state index in [2.05, 4.69) is 19.3 Å². The zero-order valence-electron chi connectivity index (χ0n) is 19.7. The highest BCUT2D eigenvalue weighted by atomic mass is 35.5. The number of hydrogen-bond donors (Lipinski definition) is 1. The summed E-state index contributed by atoms with van der Waals surface area (Å²) in [4.78, 5) is 15.7. The second-order valence-corrected chi connectivity index (χ2v) is 11.7. The Hall–Kier alpha value is -1.66. The lowest BCUT2D eigenvalue weighted by atomic mass is 9.47. The molecule has 182 valence electrons. The van der Waals surface area contributed by atoms with E-state index in [4.69, 9.17) is 23.2 Å². The van der Waals surface area contributed by atoms with E-state index in [1.165, 1.54) is 18.6 Å². The van der Waals surface area contributed by atoms with Crippen LogP contribution in [0.15, 0.2) is 42.5 Å². The molecule has 2 aromatic rings. The summed E-state index contributed by atoms with van der Waals surface area (Å²) in [6, 6.07) is 12.0. The van der Waals surface area contributed by atoms with Crippen molar-refractivity contribution in [1.82, 2.24) is 10.4 Å². The number of anilines is 1. The van der Waals surface area contributed by atoms with E-state index in [9.17, 15) is 9.18 Å². The van der Waals surface area contributed by atoms with Gasteiger partial charge in [-0.05, 0) is 78.3 Å². The maximum Gasteiger partial charge on any atom is 0.232 e. The smallest absolute Gasteiger partial charge is 0.232 e. The summed E-state index contributed by atoms with van der Waals surface area (Å²) in [5.74, 6) is 1.59. The number of hydrogen-bond acceptors (Lipinski definition) is 3. The largest absolute Gasteiger partial charge is 0.310 e. The van der Waals surface area contributed by atoms with Crippen molar-refractivity contribution in [2.75, 3.05) is 24.5 Å². The number of hydrazine groups is 1. The number of benzene rings is 2. The predicted octanol–water partition coefficient (Wildman–Crippen LogP) is 6.17. The van der Waals surface area contributed by atoms with Crippen molar-refractivity contribution in [1.29, 1.82) is 0 Å². The highest BCUT2D eigenvalue weighted by Gasteiger charge is 2.53. The molecule has 4 fully saturated rings. The van der Waals surface area contributed by atoms with Gasteiger partial charge in [-0.1, -0.05) is 49.2 Å². The maximum absolute atomic E-state index is 13.8. The molecule has 0 aromatic heterocycles. The van der Waals surface area contributed by atoms with E-state index in [0.717, 1.165) is 35.9 Å². The summed E-state index contributed by atoms with van der Waals surface area (Å²) in [5, 5.41) is 3.06. The van der Waals surface area contributed by atoms with Crippen LogP contribution in [0.3, 0.4) is 0 Å². The average molecular weight is 504 g/mol. The Morgan fingerprint density at radius 3 is 2.59 bits per heavy atom. The van der Waals surface area contributed by atoms with Gasteiger partial charge in [-0.25, -0.2) is 9.40 Å². The quantitative estimate of drug-likeness (QED) is 0.511. The van der Waals surface area contributed by atoms with Crippen LogP contribution in [0.4, 0.5) is 10.1 Å². The molecule has 3 saturated carbocycles. The molecule has 3 unspecified atom stereocenters. The van der Waals surface area contributed by atoms with Gasteiger partial charge < -0.3 is 4.90 Å². The van der Waals surface area contributed by atoms with Crippen LogP contribution < -0.4 is 10.3 Å². The molecule has 3 atom stereocenters. The molecule has 4 aliphatic rings. The predicted molar refractivity (Wildman–Crippen MR) is 135 cm³/mol. The van der Waals surface area contributed by atoms with E-state index in [1.807, 2.05) is 22.0 Å². The zero-order valence-corrected chi connectivity index (χ0v) is 21.2. The van der Waals surface area contributed by atoms with Crippen LogP contribution >= 0.6 is 23.2 Å². The fourth-order valence-electron chi connectivity index (χ4n) is 6.24. The lowest BCUT2D eigenvalue weighted by molar-refractivity contribution is -0.122. The van der Waals surface area contributed by atoms with Crippen molar-refractivity contribution in [3.63, 3.8) is 0 Å². The van der Waals surface area contributed by atoms with E-state index in [0.29, 0.717) is 47.6 Å². The molecule has 2 aromatic carbocycles. The fraction of sp³-hybridized carbons (Fsp3) is 0.519. The zero-order chi connectivity index (χ0) is 24.0. The summed E-state index contributed by atoms with van der Waals surface area (Å²) in [5.41, 5.74) is 5.36. The molecule has 3 aliphatic carbocycles. The molecule has 1 aliphatic heterocycles. The number of rotatable bonds is 6. The van der Waals surface area contributed by atoms with E-state index < -0.39 is 0 Å². The SMILES string of the molecule is CC1(C)C2CC(CN(C(=O)C3CNN(Cc4cccc(F)c4)C3)c3ccc(Cl)cc3Cl)CC1C2. The molecule has 6 rings (SSSR count). The summed E-state index contributed by atoms with van der Waals surface area (Å²) in [7, 11) is 0. The first kappa shape index (κ1) is 24.1. The van der Waals surface area contributed by atoms with Gasteiger partial charge in [-0.15, -0.1) is 0 Å². The molecule has 4 nitrogen and oxygen atoms in total. The molecule has 34 heavy (non-hydrogen) atoms. The Balaban J connectivity index is 1.31. The van der Waals surface area contributed by atoms with Gasteiger partial charge in [0.2, 0.25) is 5.91 Å². The van der Waals surface area contributed by atoms with Gasteiger partial charge in [0.25, 0.3) is 0 Å². The first-order chi connectivity index (χ1) is 16.2. The fourth-order valence-corrected chi connectivity index (χ4v) is 6.75. The summed E-state index contributed by atoms with van der Waals surface area (Å²) in [6.07, 6.45) is 3.64. The maximum atomic E-state index is 13.8. The van der Waals surface area contributed by atoms with Crippen LogP contribution in [0.5, 0.6) is 0 Å². The third-order valence-corrected chi connectivity index (χ3v) is 8.97. The second kappa shape index (κ2) is 9.42. The lowest BCUT2D eigenvalue weighted by Gasteiger charge is -2.59. The van der Waals surface area contributed by atoms with Gasteiger partial charge in [0.1, 0.15) is 5.82 Å². The Morgan fingerprint density at radius 1 is 1.15 bits per heavy atom. The van der Waals surface area contributed by atoms with Crippen molar-refractivity contribution in [3.05, 3.63) is 63.9 Å². The van der Waals surface area contributed by atoms with E-state index in [-0.39, 0.29) is 17.6 Å². The number of fused-ring (bicyclic) bond motifs is 2. The Kier molecular flexibility index (Phi) is 6.66. The van der Waals surface area contributed by atoms with Gasteiger partial charge in [0, 0.05) is 31.2 Å². The number of carbonyl (C=O) groups is 1. The number of amides is 1. The molecule has 0 radical (unpaired) electrons. The minimum Gasteiger partial charge on any atom is -0.310 e. The molecule has 0 spiro atoms. The lowest BCUT2D eigenvalue weighted by Crippen LogP contribution is -2.53. The normalized spacial score (nSPS) is 27.9. The van der Waals surface area contributed by atoms with Crippen LogP contribution in [0.1, 0.15) is 38.7 Å². The highest BCUT2D eigenvalue weighted by molar-refractivity contribution is 6.36. The van der Waals surface area contributed by atoms with Gasteiger partial charge in [0.15, 0.2) is 0 Å². The highest BCUT2D eigenvalue weighted by Crippen LogP contribution is 2.60. The van der Waals surface area contributed by atoms with Crippen molar-refractivity contribution >= 4 is 34.8 Å². The van der Waals surface area contributed by atoms with Crippen LogP contribution in [-0.2, 0) is 11.3 Å². The number of nitrogens with one attached hydrogen (secondary N) is 1. The Bertz CT molecular complexity index is 1060. The van der Waals surface area contributed by atoms with Crippen molar-refractivity contribution in [2.45, 2.75) is 39.7 Å².